The molecule has 0 N–H and O–H groups in total. The lowest BCUT2D eigenvalue weighted by Gasteiger charge is -2.29. The molecule has 1 heterocycles. The van der Waals surface area contributed by atoms with Gasteiger partial charge in [-0.3, -0.25) is 4.79 Å². The van der Waals surface area contributed by atoms with Crippen LogP contribution in [0.3, 0.4) is 0 Å². The van der Waals surface area contributed by atoms with Crippen LogP contribution in [0.5, 0.6) is 5.75 Å². The van der Waals surface area contributed by atoms with Crippen molar-refractivity contribution in [3.63, 3.8) is 0 Å². The Hall–Kier alpha value is -2.00. The second kappa shape index (κ2) is 6.84. The minimum Gasteiger partial charge on any atom is -0.490 e. The minimum atomic E-state index is 0.157. The van der Waals surface area contributed by atoms with Crippen molar-refractivity contribution in [1.82, 2.24) is 0 Å². The molecule has 0 aromatic heterocycles. The molecular formula is C18H18ClNO2. The van der Waals surface area contributed by atoms with Crippen molar-refractivity contribution in [2.45, 2.75) is 19.3 Å². The predicted octanol–water partition coefficient (Wildman–Crippen LogP) is 4.09. The van der Waals surface area contributed by atoms with E-state index in [9.17, 15) is 4.79 Å². The molecule has 3 nitrogen and oxygen atoms in total. The van der Waals surface area contributed by atoms with E-state index in [4.69, 9.17) is 16.3 Å². The lowest BCUT2D eigenvalue weighted by atomic mass is 10.1. The second-order valence-electron chi connectivity index (χ2n) is 5.34. The third kappa shape index (κ3) is 3.42. The van der Waals surface area contributed by atoms with Crippen LogP contribution in [-0.2, 0) is 11.2 Å². The Bertz CT molecular complexity index is 654. The van der Waals surface area contributed by atoms with E-state index in [1.807, 2.05) is 53.4 Å². The number of hydrogen-bond donors (Lipinski definition) is 0. The highest BCUT2D eigenvalue weighted by Gasteiger charge is 2.22. The number of hydrogen-bond acceptors (Lipinski definition) is 2. The van der Waals surface area contributed by atoms with Gasteiger partial charge in [0.15, 0.2) is 0 Å². The fraction of sp³-hybridized carbons (Fsp3) is 0.278. The zero-order chi connectivity index (χ0) is 15.4. The standard InChI is InChI=1S/C18H18ClNO2/c19-15-10-8-14(9-11-15)4-3-7-18(21)20-12-13-22-17-6-2-1-5-16(17)20/h1-2,5-6,8-11H,3-4,7,12-13H2. The summed E-state index contributed by atoms with van der Waals surface area (Å²) in [5.74, 6) is 0.949. The summed E-state index contributed by atoms with van der Waals surface area (Å²) in [5, 5.41) is 0.741. The maximum absolute atomic E-state index is 12.5. The average molecular weight is 316 g/mol. The van der Waals surface area contributed by atoms with E-state index in [0.29, 0.717) is 19.6 Å². The van der Waals surface area contributed by atoms with Gasteiger partial charge in [-0.15, -0.1) is 0 Å². The summed E-state index contributed by atoms with van der Waals surface area (Å²) < 4.78 is 5.58. The second-order valence-corrected chi connectivity index (χ2v) is 5.78. The highest BCUT2D eigenvalue weighted by atomic mass is 35.5. The molecule has 0 atom stereocenters. The van der Waals surface area contributed by atoms with Crippen molar-refractivity contribution >= 4 is 23.2 Å². The average Bonchev–Trinajstić information content (AvgIpc) is 2.56. The van der Waals surface area contributed by atoms with Crippen molar-refractivity contribution < 1.29 is 9.53 Å². The van der Waals surface area contributed by atoms with E-state index in [-0.39, 0.29) is 5.91 Å². The molecule has 2 aromatic rings. The number of anilines is 1. The number of para-hydroxylation sites is 2. The molecule has 0 radical (unpaired) electrons. The number of carbonyl (C=O) groups is 1. The van der Waals surface area contributed by atoms with Gasteiger partial charge in [-0.1, -0.05) is 35.9 Å². The molecule has 0 bridgehead atoms. The summed E-state index contributed by atoms with van der Waals surface area (Å²) in [5.41, 5.74) is 2.09. The zero-order valence-electron chi connectivity index (χ0n) is 12.3. The molecule has 0 unspecified atom stereocenters. The Morgan fingerprint density at radius 3 is 2.73 bits per heavy atom. The van der Waals surface area contributed by atoms with Gasteiger partial charge < -0.3 is 9.64 Å². The van der Waals surface area contributed by atoms with Gasteiger partial charge in [-0.25, -0.2) is 0 Å². The number of aryl methyl sites for hydroxylation is 1. The summed E-state index contributed by atoms with van der Waals surface area (Å²) in [7, 11) is 0. The molecule has 114 valence electrons. The Morgan fingerprint density at radius 2 is 1.91 bits per heavy atom. The van der Waals surface area contributed by atoms with Gasteiger partial charge >= 0.3 is 0 Å². The predicted molar refractivity (Wildman–Crippen MR) is 88.7 cm³/mol. The van der Waals surface area contributed by atoms with Crippen LogP contribution in [0.1, 0.15) is 18.4 Å². The number of fused-ring (bicyclic) bond motifs is 1. The topological polar surface area (TPSA) is 29.5 Å². The molecule has 0 saturated heterocycles. The Balaban J connectivity index is 1.58. The number of nitrogens with zero attached hydrogens (tertiary/aromatic N) is 1. The first-order chi connectivity index (χ1) is 10.7. The van der Waals surface area contributed by atoms with Crippen LogP contribution < -0.4 is 9.64 Å². The van der Waals surface area contributed by atoms with Crippen LogP contribution in [0.4, 0.5) is 5.69 Å². The summed E-state index contributed by atoms with van der Waals surface area (Å²) in [6.45, 7) is 1.18. The van der Waals surface area contributed by atoms with Crippen LogP contribution in [-0.4, -0.2) is 19.1 Å². The number of rotatable bonds is 4. The van der Waals surface area contributed by atoms with Gasteiger partial charge in [0.1, 0.15) is 12.4 Å². The van der Waals surface area contributed by atoms with E-state index in [2.05, 4.69) is 0 Å². The molecule has 1 aliphatic rings. The number of carbonyl (C=O) groups excluding carboxylic acids is 1. The van der Waals surface area contributed by atoms with Crippen molar-refractivity contribution in [3.8, 4) is 5.75 Å². The first kappa shape index (κ1) is 14.9. The van der Waals surface area contributed by atoms with Gasteiger partial charge in [0.2, 0.25) is 5.91 Å². The fourth-order valence-electron chi connectivity index (χ4n) is 2.66. The molecule has 0 spiro atoms. The first-order valence-electron chi connectivity index (χ1n) is 7.51. The lowest BCUT2D eigenvalue weighted by molar-refractivity contribution is -0.118. The maximum atomic E-state index is 12.5. The highest BCUT2D eigenvalue weighted by molar-refractivity contribution is 6.30. The van der Waals surface area contributed by atoms with Crippen LogP contribution in [0.25, 0.3) is 0 Å². The third-order valence-electron chi connectivity index (χ3n) is 3.80. The van der Waals surface area contributed by atoms with Crippen molar-refractivity contribution in [3.05, 3.63) is 59.1 Å². The normalized spacial score (nSPS) is 13.4. The van der Waals surface area contributed by atoms with E-state index in [0.717, 1.165) is 29.3 Å². The summed E-state index contributed by atoms with van der Waals surface area (Å²) >= 11 is 5.87. The third-order valence-corrected chi connectivity index (χ3v) is 4.05. The molecule has 1 amide bonds. The Kier molecular flexibility index (Phi) is 4.64. The minimum absolute atomic E-state index is 0.157. The number of benzene rings is 2. The molecular weight excluding hydrogens is 298 g/mol. The van der Waals surface area contributed by atoms with E-state index < -0.39 is 0 Å². The number of halogens is 1. The number of amides is 1. The Morgan fingerprint density at radius 1 is 1.14 bits per heavy atom. The quantitative estimate of drug-likeness (QED) is 0.850. The van der Waals surface area contributed by atoms with E-state index in [1.54, 1.807) is 0 Å². The van der Waals surface area contributed by atoms with Gasteiger partial charge in [-0.05, 0) is 42.7 Å². The zero-order valence-corrected chi connectivity index (χ0v) is 13.1. The van der Waals surface area contributed by atoms with Gasteiger partial charge in [0.05, 0.1) is 12.2 Å². The van der Waals surface area contributed by atoms with Gasteiger partial charge in [0, 0.05) is 11.4 Å². The molecule has 2 aromatic carbocycles. The van der Waals surface area contributed by atoms with Crippen LogP contribution in [0.2, 0.25) is 5.02 Å². The van der Waals surface area contributed by atoms with Crippen molar-refractivity contribution in [2.24, 2.45) is 0 Å². The first-order valence-corrected chi connectivity index (χ1v) is 7.88. The van der Waals surface area contributed by atoms with Crippen molar-refractivity contribution in [2.75, 3.05) is 18.1 Å². The summed E-state index contributed by atoms with van der Waals surface area (Å²) in [4.78, 5) is 14.3. The highest BCUT2D eigenvalue weighted by Crippen LogP contribution is 2.31. The summed E-state index contributed by atoms with van der Waals surface area (Å²) in [6.07, 6.45) is 2.26. The van der Waals surface area contributed by atoms with Gasteiger partial charge in [-0.2, -0.15) is 0 Å². The van der Waals surface area contributed by atoms with Crippen LogP contribution in [0, 0.1) is 0 Å². The monoisotopic (exact) mass is 315 g/mol. The molecule has 22 heavy (non-hydrogen) atoms. The molecule has 1 aliphatic heterocycles. The lowest BCUT2D eigenvalue weighted by Crippen LogP contribution is -2.37. The fourth-order valence-corrected chi connectivity index (χ4v) is 2.78. The Labute approximate surface area is 135 Å². The molecule has 0 fully saturated rings. The van der Waals surface area contributed by atoms with E-state index in [1.165, 1.54) is 5.56 Å². The number of ether oxygens (including phenoxy) is 1. The van der Waals surface area contributed by atoms with Gasteiger partial charge in [0.25, 0.3) is 0 Å². The van der Waals surface area contributed by atoms with E-state index >= 15 is 0 Å². The molecule has 3 rings (SSSR count). The molecule has 0 aliphatic carbocycles. The largest absolute Gasteiger partial charge is 0.490 e. The van der Waals surface area contributed by atoms with Crippen LogP contribution >= 0.6 is 11.6 Å². The molecule has 4 heteroatoms. The summed E-state index contributed by atoms with van der Waals surface area (Å²) in [6, 6.07) is 15.5. The molecule has 0 saturated carbocycles. The maximum Gasteiger partial charge on any atom is 0.227 e. The smallest absolute Gasteiger partial charge is 0.227 e. The van der Waals surface area contributed by atoms with Crippen LogP contribution in [0.15, 0.2) is 48.5 Å². The van der Waals surface area contributed by atoms with Crippen molar-refractivity contribution in [1.29, 1.82) is 0 Å². The SMILES string of the molecule is O=C(CCCc1ccc(Cl)cc1)N1CCOc2ccccc21.